The number of benzene rings is 1. The second-order valence-corrected chi connectivity index (χ2v) is 6.03. The highest BCUT2D eigenvalue weighted by molar-refractivity contribution is 9.10. The molecule has 1 atom stereocenters. The van der Waals surface area contributed by atoms with Crippen LogP contribution in [0.3, 0.4) is 0 Å². The molecule has 0 aliphatic rings. The van der Waals surface area contributed by atoms with Crippen molar-refractivity contribution < 1.29 is 4.74 Å². The highest BCUT2D eigenvalue weighted by atomic mass is 79.9. The molecule has 1 N–H and O–H groups in total. The van der Waals surface area contributed by atoms with Crippen molar-refractivity contribution in [3.05, 3.63) is 28.7 Å². The number of likely N-dealkylation sites (N-methyl/N-ethyl adjacent to an activating group) is 1. The van der Waals surface area contributed by atoms with E-state index < -0.39 is 0 Å². The van der Waals surface area contributed by atoms with Gasteiger partial charge in [0.1, 0.15) is 0 Å². The molecule has 0 spiro atoms. The van der Waals surface area contributed by atoms with Crippen LogP contribution in [0.5, 0.6) is 0 Å². The van der Waals surface area contributed by atoms with E-state index in [0.29, 0.717) is 12.1 Å². The maximum absolute atomic E-state index is 5.63. The third-order valence-corrected chi connectivity index (χ3v) is 4.51. The number of thioether (sulfide) groups is 1. The molecule has 0 aliphatic carbocycles. The maximum Gasteiger partial charge on any atom is 0.0631 e. The van der Waals surface area contributed by atoms with E-state index in [1.165, 1.54) is 4.90 Å². The van der Waals surface area contributed by atoms with Gasteiger partial charge >= 0.3 is 0 Å². The van der Waals surface area contributed by atoms with Gasteiger partial charge in [0.2, 0.25) is 0 Å². The van der Waals surface area contributed by atoms with Crippen LogP contribution in [0.4, 0.5) is 0 Å². The lowest BCUT2D eigenvalue weighted by Gasteiger charge is -2.18. The van der Waals surface area contributed by atoms with Crippen molar-refractivity contribution in [2.24, 2.45) is 0 Å². The Bertz CT molecular complexity index is 333. The van der Waals surface area contributed by atoms with E-state index in [0.717, 1.165) is 16.8 Å². The van der Waals surface area contributed by atoms with Crippen LogP contribution in [0.1, 0.15) is 13.8 Å². The van der Waals surface area contributed by atoms with Gasteiger partial charge in [0, 0.05) is 21.2 Å². The number of nitrogens with one attached hydrogen (secondary N) is 1. The quantitative estimate of drug-likeness (QED) is 0.777. The highest BCUT2D eigenvalue weighted by Gasteiger charge is 2.09. The largest absolute Gasteiger partial charge is 0.377 e. The Labute approximate surface area is 117 Å². The van der Waals surface area contributed by atoms with Gasteiger partial charge in [0.05, 0.1) is 12.7 Å². The van der Waals surface area contributed by atoms with Crippen LogP contribution >= 0.6 is 27.7 Å². The van der Waals surface area contributed by atoms with Crippen molar-refractivity contribution in [2.75, 3.05) is 19.4 Å². The number of hydrogen-bond acceptors (Lipinski definition) is 3. The minimum absolute atomic E-state index is 0.291. The topological polar surface area (TPSA) is 21.3 Å². The molecule has 2 nitrogen and oxygen atoms in total. The molecular weight excluding hydrogens is 298 g/mol. The van der Waals surface area contributed by atoms with E-state index >= 15 is 0 Å². The van der Waals surface area contributed by atoms with Crippen molar-refractivity contribution in [2.45, 2.75) is 30.9 Å². The molecule has 4 heteroatoms. The summed E-state index contributed by atoms with van der Waals surface area (Å²) in [5.74, 6) is 1.01. The summed E-state index contributed by atoms with van der Waals surface area (Å²) >= 11 is 5.40. The number of halogens is 1. The summed E-state index contributed by atoms with van der Waals surface area (Å²) in [4.78, 5) is 1.28. The minimum atomic E-state index is 0.291. The first kappa shape index (κ1) is 15.0. The lowest BCUT2D eigenvalue weighted by molar-refractivity contribution is 0.0668. The van der Waals surface area contributed by atoms with E-state index in [1.807, 2.05) is 24.9 Å². The van der Waals surface area contributed by atoms with Crippen LogP contribution in [-0.2, 0) is 4.74 Å². The molecule has 0 aromatic heterocycles. The Balaban J connectivity index is 2.40. The SMILES string of the molecule is CNC(COC(C)C)CSc1ccccc1Br. The molecule has 1 aromatic carbocycles. The fourth-order valence-corrected chi connectivity index (χ4v) is 2.93. The van der Waals surface area contributed by atoms with Crippen LogP contribution in [-0.4, -0.2) is 31.6 Å². The molecule has 0 fully saturated rings. The van der Waals surface area contributed by atoms with Crippen LogP contribution in [0, 0.1) is 0 Å². The normalized spacial score (nSPS) is 13.0. The summed E-state index contributed by atoms with van der Waals surface area (Å²) in [5.41, 5.74) is 0. The molecule has 0 saturated heterocycles. The molecule has 17 heavy (non-hydrogen) atoms. The Hall–Kier alpha value is -0.0300. The molecule has 1 aromatic rings. The lowest BCUT2D eigenvalue weighted by atomic mass is 10.3. The fraction of sp³-hybridized carbons (Fsp3) is 0.538. The summed E-state index contributed by atoms with van der Waals surface area (Å²) in [7, 11) is 1.98. The smallest absolute Gasteiger partial charge is 0.0631 e. The molecule has 0 aliphatic heterocycles. The van der Waals surface area contributed by atoms with Gasteiger partial charge in [-0.05, 0) is 49.0 Å². The molecule has 0 amide bonds. The number of hydrogen-bond donors (Lipinski definition) is 1. The predicted molar refractivity (Wildman–Crippen MR) is 78.8 cm³/mol. The van der Waals surface area contributed by atoms with E-state index in [4.69, 9.17) is 4.74 Å². The lowest BCUT2D eigenvalue weighted by Crippen LogP contribution is -2.33. The van der Waals surface area contributed by atoms with Gasteiger partial charge in [0.15, 0.2) is 0 Å². The van der Waals surface area contributed by atoms with Crippen molar-refractivity contribution in [3.63, 3.8) is 0 Å². The van der Waals surface area contributed by atoms with Crippen molar-refractivity contribution in [1.29, 1.82) is 0 Å². The summed E-state index contributed by atoms with van der Waals surface area (Å²) in [6.45, 7) is 4.88. The predicted octanol–water partition coefficient (Wildman–Crippen LogP) is 3.55. The Morgan fingerprint density at radius 2 is 2.06 bits per heavy atom. The van der Waals surface area contributed by atoms with Gasteiger partial charge in [-0.25, -0.2) is 0 Å². The van der Waals surface area contributed by atoms with Gasteiger partial charge < -0.3 is 10.1 Å². The Morgan fingerprint density at radius 1 is 1.35 bits per heavy atom. The fourth-order valence-electron chi connectivity index (χ4n) is 1.28. The average molecular weight is 318 g/mol. The van der Waals surface area contributed by atoms with E-state index in [-0.39, 0.29) is 0 Å². The number of ether oxygens (including phenoxy) is 1. The zero-order valence-electron chi connectivity index (χ0n) is 10.6. The second-order valence-electron chi connectivity index (χ2n) is 4.11. The first-order valence-corrected chi connectivity index (χ1v) is 7.57. The molecule has 0 bridgehead atoms. The molecule has 0 radical (unpaired) electrons. The summed E-state index contributed by atoms with van der Waals surface area (Å²) in [6.07, 6.45) is 0.291. The first-order chi connectivity index (χ1) is 8.13. The Kier molecular flexibility index (Phi) is 7.19. The summed E-state index contributed by atoms with van der Waals surface area (Å²) in [6, 6.07) is 8.68. The van der Waals surface area contributed by atoms with Gasteiger partial charge in [0.25, 0.3) is 0 Å². The number of rotatable bonds is 7. The Morgan fingerprint density at radius 3 is 2.65 bits per heavy atom. The summed E-state index contributed by atoms with van der Waals surface area (Å²) in [5, 5.41) is 3.29. The maximum atomic E-state index is 5.63. The third kappa shape index (κ3) is 5.91. The van der Waals surface area contributed by atoms with E-state index in [2.05, 4.69) is 53.3 Å². The minimum Gasteiger partial charge on any atom is -0.377 e. The second kappa shape index (κ2) is 8.14. The summed E-state index contributed by atoms with van der Waals surface area (Å²) < 4.78 is 6.78. The monoisotopic (exact) mass is 317 g/mol. The molecular formula is C13H20BrNOS. The van der Waals surface area contributed by atoms with Crippen molar-refractivity contribution in [3.8, 4) is 0 Å². The highest BCUT2D eigenvalue weighted by Crippen LogP contribution is 2.27. The molecule has 1 unspecified atom stereocenters. The van der Waals surface area contributed by atoms with Crippen LogP contribution in [0.15, 0.2) is 33.6 Å². The standard InChI is InChI=1S/C13H20BrNOS/c1-10(2)16-8-11(15-3)9-17-13-7-5-4-6-12(13)14/h4-7,10-11,15H,8-9H2,1-3H3. The van der Waals surface area contributed by atoms with E-state index in [1.54, 1.807) is 0 Å². The first-order valence-electron chi connectivity index (χ1n) is 5.79. The van der Waals surface area contributed by atoms with Gasteiger partial charge in [-0.15, -0.1) is 11.8 Å². The van der Waals surface area contributed by atoms with Gasteiger partial charge in [-0.2, -0.15) is 0 Å². The van der Waals surface area contributed by atoms with E-state index in [9.17, 15) is 0 Å². The van der Waals surface area contributed by atoms with Crippen molar-refractivity contribution in [1.82, 2.24) is 5.32 Å². The van der Waals surface area contributed by atoms with Crippen LogP contribution in [0.25, 0.3) is 0 Å². The zero-order valence-corrected chi connectivity index (χ0v) is 13.0. The molecule has 96 valence electrons. The van der Waals surface area contributed by atoms with Crippen LogP contribution in [0.2, 0.25) is 0 Å². The van der Waals surface area contributed by atoms with Crippen molar-refractivity contribution >= 4 is 27.7 Å². The van der Waals surface area contributed by atoms with Gasteiger partial charge in [-0.3, -0.25) is 0 Å². The third-order valence-electron chi connectivity index (χ3n) is 2.32. The molecule has 1 rings (SSSR count). The molecule has 0 heterocycles. The average Bonchev–Trinajstić information content (AvgIpc) is 2.31. The van der Waals surface area contributed by atoms with Crippen LogP contribution < -0.4 is 5.32 Å². The molecule has 0 saturated carbocycles. The van der Waals surface area contributed by atoms with Gasteiger partial charge in [-0.1, -0.05) is 12.1 Å². The zero-order chi connectivity index (χ0) is 12.7.